The van der Waals surface area contributed by atoms with Crippen LogP contribution in [0.1, 0.15) is 6.92 Å². The highest BCUT2D eigenvalue weighted by Gasteiger charge is 2.22. The van der Waals surface area contributed by atoms with Crippen molar-refractivity contribution in [2.24, 2.45) is 0 Å². The fourth-order valence-corrected chi connectivity index (χ4v) is 0.580. The van der Waals surface area contributed by atoms with Crippen molar-refractivity contribution in [2.75, 3.05) is 0 Å². The Bertz CT molecular complexity index is 67.4. The molecular formula is C3H5Cl3O2. The normalized spacial score (nSPS) is 16.1. The maximum atomic E-state index is 8.41. The molecule has 0 aliphatic carbocycles. The number of alkyl halides is 3. The van der Waals surface area contributed by atoms with Crippen molar-refractivity contribution >= 4 is 34.8 Å². The third-order valence-electron chi connectivity index (χ3n) is 0.304. The molecule has 1 atom stereocenters. The predicted molar refractivity (Wildman–Crippen MR) is 33.1 cm³/mol. The molecule has 0 aromatic heterocycles. The van der Waals surface area contributed by atoms with Gasteiger partial charge in [-0.25, -0.2) is 0 Å². The molecule has 0 rings (SSSR count). The van der Waals surface area contributed by atoms with E-state index in [-0.39, 0.29) is 0 Å². The number of halogens is 3. The van der Waals surface area contributed by atoms with Crippen LogP contribution in [0.3, 0.4) is 0 Å². The van der Waals surface area contributed by atoms with Gasteiger partial charge in [0.25, 0.3) is 3.98 Å². The van der Waals surface area contributed by atoms with Crippen LogP contribution in [0.15, 0.2) is 0 Å². The van der Waals surface area contributed by atoms with E-state index in [1.54, 1.807) is 0 Å². The Morgan fingerprint density at radius 1 is 1.50 bits per heavy atom. The fourth-order valence-electron chi connectivity index (χ4n) is 0.193. The predicted octanol–water partition coefficient (Wildman–Crippen LogP) is 1.67. The van der Waals surface area contributed by atoms with Gasteiger partial charge in [-0.05, 0) is 6.92 Å². The zero-order chi connectivity index (χ0) is 6.78. The summed E-state index contributed by atoms with van der Waals surface area (Å²) >= 11 is 15.2. The maximum Gasteiger partial charge on any atom is 0.299 e. The van der Waals surface area contributed by atoms with Gasteiger partial charge in [-0.3, -0.25) is 0 Å². The second-order valence-electron chi connectivity index (χ2n) is 1.16. The van der Waals surface area contributed by atoms with Crippen molar-refractivity contribution in [3.05, 3.63) is 0 Å². The fraction of sp³-hybridized carbons (Fsp3) is 1.00. The summed E-state index contributed by atoms with van der Waals surface area (Å²) in [5.74, 6) is 0. The molecule has 2 nitrogen and oxygen atoms in total. The van der Waals surface area contributed by atoms with Crippen LogP contribution in [0.2, 0.25) is 0 Å². The third-order valence-corrected chi connectivity index (χ3v) is 0.571. The first-order chi connectivity index (χ1) is 3.42. The average molecular weight is 179 g/mol. The molecule has 0 bridgehead atoms. The molecule has 0 saturated heterocycles. The van der Waals surface area contributed by atoms with E-state index < -0.39 is 10.3 Å². The molecule has 1 unspecified atom stereocenters. The monoisotopic (exact) mass is 178 g/mol. The van der Waals surface area contributed by atoms with Gasteiger partial charge in [-0.1, -0.05) is 34.8 Å². The zero-order valence-corrected chi connectivity index (χ0v) is 6.33. The van der Waals surface area contributed by atoms with Crippen LogP contribution in [0.5, 0.6) is 0 Å². The largest absolute Gasteiger partial charge is 0.368 e. The molecule has 1 N–H and O–H groups in total. The van der Waals surface area contributed by atoms with Gasteiger partial charge in [0.1, 0.15) is 0 Å². The van der Waals surface area contributed by atoms with Crippen molar-refractivity contribution in [1.82, 2.24) is 0 Å². The van der Waals surface area contributed by atoms with Gasteiger partial charge in [0.2, 0.25) is 0 Å². The van der Waals surface area contributed by atoms with Gasteiger partial charge in [0.15, 0.2) is 6.29 Å². The highest BCUT2D eigenvalue weighted by atomic mass is 35.6. The Morgan fingerprint density at radius 2 is 1.88 bits per heavy atom. The van der Waals surface area contributed by atoms with E-state index in [0.717, 1.165) is 0 Å². The van der Waals surface area contributed by atoms with E-state index in [0.29, 0.717) is 0 Å². The third kappa shape index (κ3) is 6.79. The first kappa shape index (κ1) is 8.79. The molecule has 0 aliphatic heterocycles. The Morgan fingerprint density at radius 3 is 1.88 bits per heavy atom. The second-order valence-corrected chi connectivity index (χ2v) is 3.34. The van der Waals surface area contributed by atoms with Crippen molar-refractivity contribution in [3.63, 3.8) is 0 Å². The highest BCUT2D eigenvalue weighted by molar-refractivity contribution is 6.66. The Hall–Kier alpha value is 0.790. The molecule has 0 aliphatic rings. The summed E-state index contributed by atoms with van der Waals surface area (Å²) in [4.78, 5) is 0. The molecule has 0 saturated carbocycles. The van der Waals surface area contributed by atoms with Crippen LogP contribution in [-0.4, -0.2) is 15.4 Å². The summed E-state index contributed by atoms with van der Waals surface area (Å²) < 4.78 is 2.48. The summed E-state index contributed by atoms with van der Waals surface area (Å²) in [6.07, 6.45) is -1.05. The zero-order valence-electron chi connectivity index (χ0n) is 4.07. The summed E-state index contributed by atoms with van der Waals surface area (Å²) in [6.45, 7) is 1.35. The number of aliphatic hydroxyl groups excluding tert-OH is 1. The van der Waals surface area contributed by atoms with Gasteiger partial charge < -0.3 is 9.84 Å². The molecule has 50 valence electrons. The SMILES string of the molecule is CC(O)OC(Cl)(Cl)Cl. The number of aliphatic hydroxyl groups is 1. The molecule has 0 aromatic carbocycles. The number of hydrogen-bond acceptors (Lipinski definition) is 2. The van der Waals surface area contributed by atoms with Crippen molar-refractivity contribution in [2.45, 2.75) is 17.2 Å². The van der Waals surface area contributed by atoms with Crippen molar-refractivity contribution < 1.29 is 9.84 Å². The van der Waals surface area contributed by atoms with Gasteiger partial charge in [0, 0.05) is 0 Å². The van der Waals surface area contributed by atoms with Crippen LogP contribution < -0.4 is 0 Å². The Labute approximate surface area is 62.3 Å². The first-order valence-electron chi connectivity index (χ1n) is 1.84. The van der Waals surface area contributed by atoms with E-state index in [1.807, 2.05) is 0 Å². The Kier molecular flexibility index (Phi) is 3.39. The lowest BCUT2D eigenvalue weighted by molar-refractivity contribution is -0.0898. The van der Waals surface area contributed by atoms with E-state index in [1.165, 1.54) is 6.92 Å². The molecule has 0 heterocycles. The van der Waals surface area contributed by atoms with E-state index in [4.69, 9.17) is 39.9 Å². The molecule has 0 amide bonds. The van der Waals surface area contributed by atoms with Gasteiger partial charge in [-0.2, -0.15) is 0 Å². The molecular weight excluding hydrogens is 174 g/mol. The van der Waals surface area contributed by atoms with E-state index in [9.17, 15) is 0 Å². The standard InChI is InChI=1S/C3H5Cl3O2/c1-2(7)8-3(4,5)6/h2,7H,1H3. The highest BCUT2D eigenvalue weighted by Crippen LogP contribution is 2.28. The van der Waals surface area contributed by atoms with Gasteiger partial charge in [0.05, 0.1) is 0 Å². The number of ether oxygens (including phenoxy) is 1. The summed E-state index contributed by atoms with van der Waals surface area (Å²) in [6, 6.07) is 0. The lowest BCUT2D eigenvalue weighted by Crippen LogP contribution is -2.17. The van der Waals surface area contributed by atoms with Crippen LogP contribution in [0.4, 0.5) is 0 Å². The summed E-state index contributed by atoms with van der Waals surface area (Å²) in [5, 5.41) is 8.41. The minimum Gasteiger partial charge on any atom is -0.368 e. The lowest BCUT2D eigenvalue weighted by atomic mass is 10.8. The quantitative estimate of drug-likeness (QED) is 0.490. The van der Waals surface area contributed by atoms with E-state index >= 15 is 0 Å². The van der Waals surface area contributed by atoms with Gasteiger partial charge >= 0.3 is 0 Å². The number of hydrogen-bond donors (Lipinski definition) is 1. The van der Waals surface area contributed by atoms with Gasteiger partial charge in [-0.15, -0.1) is 0 Å². The maximum absolute atomic E-state index is 8.41. The van der Waals surface area contributed by atoms with Crippen LogP contribution in [0.25, 0.3) is 0 Å². The van der Waals surface area contributed by atoms with Crippen molar-refractivity contribution in [1.29, 1.82) is 0 Å². The van der Waals surface area contributed by atoms with Crippen LogP contribution >= 0.6 is 34.8 Å². The second kappa shape index (κ2) is 3.08. The lowest BCUT2D eigenvalue weighted by Gasteiger charge is -2.13. The molecule has 0 fully saturated rings. The smallest absolute Gasteiger partial charge is 0.299 e. The minimum absolute atomic E-state index is 1.05. The molecule has 0 aromatic rings. The van der Waals surface area contributed by atoms with Crippen LogP contribution in [0, 0.1) is 0 Å². The molecule has 5 heteroatoms. The first-order valence-corrected chi connectivity index (χ1v) is 2.98. The minimum atomic E-state index is -1.81. The summed E-state index contributed by atoms with van der Waals surface area (Å²) in [5.41, 5.74) is 0. The molecule has 0 radical (unpaired) electrons. The molecule has 8 heavy (non-hydrogen) atoms. The topological polar surface area (TPSA) is 29.5 Å². The Balaban J connectivity index is 3.39. The van der Waals surface area contributed by atoms with Crippen molar-refractivity contribution in [3.8, 4) is 0 Å². The van der Waals surface area contributed by atoms with Crippen LogP contribution in [-0.2, 0) is 4.74 Å². The summed E-state index contributed by atoms with van der Waals surface area (Å²) in [7, 11) is 0. The average Bonchev–Trinajstić information content (AvgIpc) is 1.21. The van der Waals surface area contributed by atoms with E-state index in [2.05, 4.69) is 4.74 Å². The number of rotatable bonds is 1. The molecule has 0 spiro atoms.